The Hall–Kier alpha value is -1.14. The molecule has 10 fully saturated rings. The molecular weight excluding hydrogens is 977 g/mol. The number of rotatable bonds is 12. The van der Waals surface area contributed by atoms with Gasteiger partial charge in [0, 0.05) is 23.7 Å². The van der Waals surface area contributed by atoms with Gasteiger partial charge in [-0.15, -0.1) is 0 Å². The number of hydrogen-bond acceptors (Lipinski definition) is 22. The van der Waals surface area contributed by atoms with Crippen LogP contribution in [0, 0.1) is 51.2 Å². The molecule has 2 bridgehead atoms. The van der Waals surface area contributed by atoms with Crippen molar-refractivity contribution in [1.82, 2.24) is 0 Å². The first-order valence-electron chi connectivity index (χ1n) is 27.0. The second-order valence-corrected chi connectivity index (χ2v) is 25.2. The number of ether oxygens (including phenoxy) is 10. The van der Waals surface area contributed by atoms with Crippen molar-refractivity contribution in [2.24, 2.45) is 51.2 Å². The Morgan fingerprint density at radius 3 is 1.82 bits per heavy atom. The van der Waals surface area contributed by atoms with Gasteiger partial charge in [0.05, 0.1) is 51.3 Å². The van der Waals surface area contributed by atoms with E-state index >= 15 is 0 Å². The van der Waals surface area contributed by atoms with Gasteiger partial charge >= 0.3 is 0 Å². The lowest BCUT2D eigenvalue weighted by molar-refractivity contribution is -0.388. The quantitative estimate of drug-likeness (QED) is 0.0765. The number of aliphatic hydroxyl groups excluding tert-OH is 12. The Morgan fingerprint density at radius 2 is 1.18 bits per heavy atom. The maximum atomic E-state index is 11.8. The SMILES string of the molecule is CC(C)=CC1CO[C@]23C[C@]4(CO2)[C@H](CC[C@@H]2[C@@]5(C)CC[C@H](O[C@@H]6O[C@H](CO)[C@@H](O)[C@H](O[C@@H]7O[C@H](CO)[C@@H](O)[C@H](O)[C@H]7O)[C@H]6O[C@@H]6O[C@@H](CO)[C@H](O)[C@H]6O)C(C)(C)[C@@H]5CC[C@]24C)[C@H]3[C@@]1(C)O[C@@H]1OC[C@H](O)[C@H](O)[C@H]1O. The minimum Gasteiger partial charge on any atom is -0.394 e. The predicted octanol–water partition coefficient (Wildman–Crippen LogP) is -1.71. The van der Waals surface area contributed by atoms with Crippen LogP contribution < -0.4 is 0 Å². The minimum absolute atomic E-state index is 0.0992. The fourth-order valence-corrected chi connectivity index (χ4v) is 17.1. The van der Waals surface area contributed by atoms with Crippen molar-refractivity contribution in [3.05, 3.63) is 11.6 Å². The van der Waals surface area contributed by atoms with E-state index in [4.69, 9.17) is 47.4 Å². The van der Waals surface area contributed by atoms with E-state index in [1.165, 1.54) is 0 Å². The monoisotopic (exact) mass is 1060 g/mol. The van der Waals surface area contributed by atoms with Crippen LogP contribution in [-0.2, 0) is 47.4 Å². The molecule has 29 atom stereocenters. The minimum atomic E-state index is -1.89. The highest BCUT2D eigenvalue weighted by Crippen LogP contribution is 2.81. The summed E-state index contributed by atoms with van der Waals surface area (Å²) < 4.78 is 64.1. The van der Waals surface area contributed by atoms with Crippen molar-refractivity contribution >= 4 is 0 Å². The summed E-state index contributed by atoms with van der Waals surface area (Å²) in [4.78, 5) is 0. The van der Waals surface area contributed by atoms with Crippen LogP contribution in [0.5, 0.6) is 0 Å². The van der Waals surface area contributed by atoms with Crippen molar-refractivity contribution in [3.8, 4) is 0 Å². The average molecular weight is 1060 g/mol. The van der Waals surface area contributed by atoms with Crippen LogP contribution in [0.4, 0.5) is 0 Å². The molecule has 74 heavy (non-hydrogen) atoms. The summed E-state index contributed by atoms with van der Waals surface area (Å²) in [5.41, 5.74) is -1.15. The molecule has 0 aromatic rings. The number of fused-ring (bicyclic) bond motifs is 4. The Balaban J connectivity index is 0.928. The highest BCUT2D eigenvalue weighted by molar-refractivity contribution is 5.28. The fourth-order valence-electron chi connectivity index (χ4n) is 17.1. The third-order valence-corrected chi connectivity index (χ3v) is 20.9. The van der Waals surface area contributed by atoms with E-state index in [-0.39, 0.29) is 52.4 Å². The third kappa shape index (κ3) is 8.49. The lowest BCUT2D eigenvalue weighted by Crippen LogP contribution is -2.69. The van der Waals surface area contributed by atoms with Gasteiger partial charge in [-0.1, -0.05) is 39.3 Å². The Morgan fingerprint density at radius 1 is 0.581 bits per heavy atom. The summed E-state index contributed by atoms with van der Waals surface area (Å²) in [5, 5.41) is 129. The van der Waals surface area contributed by atoms with Gasteiger partial charge in [0.25, 0.3) is 0 Å². The molecule has 22 heteroatoms. The van der Waals surface area contributed by atoms with Gasteiger partial charge in [-0.2, -0.15) is 0 Å². The Labute approximate surface area is 431 Å². The van der Waals surface area contributed by atoms with Crippen molar-refractivity contribution in [2.45, 2.75) is 222 Å². The standard InChI is InChI=1S/C52H84O22/c1-22(2)14-23-18-66-52-20-51(21-67-52)24(42(52)50(23,7)74-43-37(62)32(57)25(56)19-65-43)8-9-30-48(5)12-11-31(47(3,4)29(48)10-13-49(30,51)6)71-46-41(73-44-38(63)34(59)27(16-54)69-44)40(35(60)28(17-55)70-46)72-45-39(64)36(61)33(58)26(15-53)68-45/h14,23-46,53-64H,8-13,15-21H2,1-7H3/t23?,24-,25+,26-,27+,28-,29+,30-,31+,32+,33-,34+,35-,36+,37-,38-,39-,40+,41-,42+,43+,44+,45+,46+,48+,49-,50+,51+,52-/m1/s1. The zero-order valence-corrected chi connectivity index (χ0v) is 43.6. The normalized spacial score (nSPS) is 56.7. The van der Waals surface area contributed by atoms with Gasteiger partial charge < -0.3 is 109 Å². The van der Waals surface area contributed by atoms with Crippen LogP contribution >= 0.6 is 0 Å². The van der Waals surface area contributed by atoms with Crippen molar-refractivity contribution in [2.75, 3.05) is 39.6 Å². The van der Waals surface area contributed by atoms with E-state index in [9.17, 15) is 61.3 Å². The molecule has 10 rings (SSSR count). The summed E-state index contributed by atoms with van der Waals surface area (Å²) in [6.45, 7) is 13.8. The van der Waals surface area contributed by atoms with E-state index in [1.807, 2.05) is 13.8 Å². The van der Waals surface area contributed by atoms with Crippen LogP contribution in [-0.4, -0.2) is 229 Å². The van der Waals surface area contributed by atoms with E-state index in [0.29, 0.717) is 26.1 Å². The molecule has 424 valence electrons. The molecule has 22 nitrogen and oxygen atoms in total. The highest BCUT2D eigenvalue weighted by atomic mass is 16.8. The average Bonchev–Trinajstić information content (AvgIpc) is 3.99. The topological polar surface area (TPSA) is 335 Å². The molecule has 6 heterocycles. The smallest absolute Gasteiger partial charge is 0.187 e. The molecular formula is C52H84O22. The number of aliphatic hydroxyl groups is 12. The molecule has 0 radical (unpaired) electrons. The molecule has 1 unspecified atom stereocenters. The molecule has 4 saturated carbocycles. The highest BCUT2D eigenvalue weighted by Gasteiger charge is 2.82. The molecule has 6 saturated heterocycles. The lowest BCUT2D eigenvalue weighted by atomic mass is 9.35. The lowest BCUT2D eigenvalue weighted by Gasteiger charge is -2.70. The van der Waals surface area contributed by atoms with E-state index in [2.05, 4.69) is 40.7 Å². The van der Waals surface area contributed by atoms with Crippen molar-refractivity contribution < 1.29 is 109 Å². The molecule has 6 aliphatic heterocycles. The van der Waals surface area contributed by atoms with Gasteiger partial charge in [0.1, 0.15) is 85.5 Å². The molecule has 10 aliphatic rings. The first-order chi connectivity index (χ1) is 34.9. The maximum Gasteiger partial charge on any atom is 0.187 e. The fraction of sp³-hybridized carbons (Fsp3) is 0.962. The summed E-state index contributed by atoms with van der Waals surface area (Å²) in [5.74, 6) is -0.990. The zero-order valence-electron chi connectivity index (χ0n) is 43.6. The molecule has 2 spiro atoms. The van der Waals surface area contributed by atoms with E-state index < -0.39 is 153 Å². The largest absolute Gasteiger partial charge is 0.394 e. The number of allylic oxidation sites excluding steroid dienone is 1. The van der Waals surface area contributed by atoms with E-state index in [0.717, 1.165) is 37.7 Å². The second-order valence-electron chi connectivity index (χ2n) is 25.2. The summed E-state index contributed by atoms with van der Waals surface area (Å²) in [6.07, 6.45) is -20.7. The van der Waals surface area contributed by atoms with Gasteiger partial charge in [-0.3, -0.25) is 0 Å². The predicted molar refractivity (Wildman–Crippen MR) is 251 cm³/mol. The Kier molecular flexibility index (Phi) is 15.3. The summed E-state index contributed by atoms with van der Waals surface area (Å²) >= 11 is 0. The van der Waals surface area contributed by atoms with Crippen molar-refractivity contribution in [3.63, 3.8) is 0 Å². The molecule has 4 aliphatic carbocycles. The molecule has 0 aromatic heterocycles. The molecule has 0 aromatic carbocycles. The van der Waals surface area contributed by atoms with Gasteiger partial charge in [-0.25, -0.2) is 0 Å². The van der Waals surface area contributed by atoms with Gasteiger partial charge in [0.2, 0.25) is 0 Å². The first kappa shape index (κ1) is 56.1. The van der Waals surface area contributed by atoms with Crippen LogP contribution in [0.25, 0.3) is 0 Å². The van der Waals surface area contributed by atoms with E-state index in [1.54, 1.807) is 0 Å². The molecule has 0 amide bonds. The maximum absolute atomic E-state index is 11.8. The Bertz CT molecular complexity index is 2030. The zero-order chi connectivity index (χ0) is 53.4. The summed E-state index contributed by atoms with van der Waals surface area (Å²) in [7, 11) is 0. The van der Waals surface area contributed by atoms with Crippen molar-refractivity contribution in [1.29, 1.82) is 0 Å². The van der Waals surface area contributed by atoms with Gasteiger partial charge in [0.15, 0.2) is 30.9 Å². The van der Waals surface area contributed by atoms with Gasteiger partial charge in [-0.05, 0) is 93.3 Å². The van der Waals surface area contributed by atoms with Crippen LogP contribution in [0.3, 0.4) is 0 Å². The number of hydrogen-bond donors (Lipinski definition) is 12. The second kappa shape index (κ2) is 20.1. The van der Waals surface area contributed by atoms with Crippen LogP contribution in [0.1, 0.15) is 93.4 Å². The first-order valence-corrected chi connectivity index (χ1v) is 27.0. The third-order valence-electron chi connectivity index (χ3n) is 20.9. The molecule has 12 N–H and O–H groups in total. The van der Waals surface area contributed by atoms with Crippen LogP contribution in [0.2, 0.25) is 0 Å². The van der Waals surface area contributed by atoms with Crippen LogP contribution in [0.15, 0.2) is 11.6 Å². The summed E-state index contributed by atoms with van der Waals surface area (Å²) in [6, 6.07) is 0.